The van der Waals surface area contributed by atoms with Crippen molar-refractivity contribution in [2.24, 2.45) is 0 Å². The van der Waals surface area contributed by atoms with Crippen molar-refractivity contribution in [1.29, 1.82) is 0 Å². The van der Waals surface area contributed by atoms with Crippen molar-refractivity contribution < 1.29 is 14.4 Å². The molecule has 190 valence electrons. The largest absolute Gasteiger partial charge is 0.321 e. The Kier molecular flexibility index (Phi) is 8.90. The number of carbonyl (C=O) groups excluding carboxylic acids is 3. The molecule has 38 heavy (non-hydrogen) atoms. The molecule has 4 aromatic rings. The van der Waals surface area contributed by atoms with E-state index in [1.807, 2.05) is 86.6 Å². The Morgan fingerprint density at radius 3 is 2.08 bits per heavy atom. The van der Waals surface area contributed by atoms with Crippen molar-refractivity contribution in [3.8, 4) is 0 Å². The van der Waals surface area contributed by atoms with Gasteiger partial charge in [-0.1, -0.05) is 83.9 Å². The second-order valence-corrected chi connectivity index (χ2v) is 9.90. The van der Waals surface area contributed by atoms with Crippen LogP contribution >= 0.6 is 11.8 Å². The first-order valence-corrected chi connectivity index (χ1v) is 13.1. The molecule has 0 fully saturated rings. The molecule has 6 heteroatoms. The first-order valence-electron chi connectivity index (χ1n) is 12.2. The highest BCUT2D eigenvalue weighted by atomic mass is 32.2. The van der Waals surface area contributed by atoms with Crippen LogP contribution < -0.4 is 10.6 Å². The number of anilines is 1. The highest BCUT2D eigenvalue weighted by molar-refractivity contribution is 8.00. The van der Waals surface area contributed by atoms with Gasteiger partial charge in [-0.05, 0) is 55.8 Å². The molecule has 5 nitrogen and oxygen atoms in total. The van der Waals surface area contributed by atoms with E-state index in [2.05, 4.69) is 10.6 Å². The topological polar surface area (TPSA) is 75.3 Å². The smallest absolute Gasteiger partial charge is 0.272 e. The molecular weight excluding hydrogens is 492 g/mol. The van der Waals surface area contributed by atoms with Crippen molar-refractivity contribution in [1.82, 2.24) is 5.32 Å². The lowest BCUT2D eigenvalue weighted by molar-refractivity contribution is -0.113. The second kappa shape index (κ2) is 12.7. The van der Waals surface area contributed by atoms with Gasteiger partial charge in [-0.15, -0.1) is 11.8 Å². The van der Waals surface area contributed by atoms with E-state index in [4.69, 9.17) is 0 Å². The van der Waals surface area contributed by atoms with E-state index in [-0.39, 0.29) is 23.1 Å². The van der Waals surface area contributed by atoms with Crippen LogP contribution in [0.15, 0.2) is 114 Å². The zero-order valence-corrected chi connectivity index (χ0v) is 22.0. The van der Waals surface area contributed by atoms with Gasteiger partial charge in [0.2, 0.25) is 0 Å². The summed E-state index contributed by atoms with van der Waals surface area (Å²) >= 11 is 1.40. The molecule has 0 aromatic heterocycles. The number of hydrogen-bond acceptors (Lipinski definition) is 4. The highest BCUT2D eigenvalue weighted by Crippen LogP contribution is 2.23. The van der Waals surface area contributed by atoms with Gasteiger partial charge >= 0.3 is 0 Å². The Hall–Kier alpha value is -4.42. The number of aryl methyl sites for hydroxylation is 2. The summed E-state index contributed by atoms with van der Waals surface area (Å²) in [5, 5.41) is 5.63. The molecule has 0 radical (unpaired) electrons. The molecule has 0 saturated carbocycles. The zero-order chi connectivity index (χ0) is 26.9. The maximum atomic E-state index is 13.3. The quantitative estimate of drug-likeness (QED) is 0.147. The van der Waals surface area contributed by atoms with Crippen LogP contribution in [0.1, 0.15) is 37.4 Å². The molecule has 0 aliphatic carbocycles. The standard InChI is InChI=1S/C32H28N2O3S/c1-22-11-15-24(16-12-22)19-29(34-31(36)26-7-4-3-5-8-26)32(37)33-27-9-6-10-28(20-27)38-21-30(35)25-17-13-23(2)14-18-25/h3-20H,21H2,1-2H3,(H,33,37)(H,34,36)/b29-19-. The minimum absolute atomic E-state index is 0.0383. The Bertz CT molecular complexity index is 1460. The fourth-order valence-corrected chi connectivity index (χ4v) is 4.46. The molecule has 0 saturated heterocycles. The lowest BCUT2D eigenvalue weighted by atomic mass is 10.1. The summed E-state index contributed by atoms with van der Waals surface area (Å²) in [6.07, 6.45) is 1.65. The van der Waals surface area contributed by atoms with E-state index >= 15 is 0 Å². The average Bonchev–Trinajstić information content (AvgIpc) is 2.93. The first-order chi connectivity index (χ1) is 18.4. The normalized spacial score (nSPS) is 11.1. The molecule has 2 amide bonds. The number of nitrogens with one attached hydrogen (secondary N) is 2. The van der Waals surface area contributed by atoms with Gasteiger partial charge in [0, 0.05) is 21.7 Å². The molecule has 0 aliphatic rings. The molecule has 4 rings (SSSR count). The van der Waals surface area contributed by atoms with Gasteiger partial charge in [0.1, 0.15) is 5.70 Å². The third-order valence-corrected chi connectivity index (χ3v) is 6.75. The van der Waals surface area contributed by atoms with E-state index in [0.717, 1.165) is 21.6 Å². The fraction of sp³-hybridized carbons (Fsp3) is 0.0938. The number of hydrogen-bond donors (Lipinski definition) is 2. The third-order valence-electron chi connectivity index (χ3n) is 5.75. The Labute approximate surface area is 227 Å². The van der Waals surface area contributed by atoms with Gasteiger partial charge in [-0.25, -0.2) is 0 Å². The van der Waals surface area contributed by atoms with Crippen molar-refractivity contribution in [3.05, 3.63) is 137 Å². The van der Waals surface area contributed by atoms with Gasteiger partial charge in [-0.3, -0.25) is 14.4 Å². The molecule has 0 unspecified atom stereocenters. The monoisotopic (exact) mass is 520 g/mol. The van der Waals surface area contributed by atoms with Gasteiger partial charge in [-0.2, -0.15) is 0 Å². The fourth-order valence-electron chi connectivity index (χ4n) is 3.61. The maximum absolute atomic E-state index is 13.3. The van der Waals surface area contributed by atoms with Crippen LogP contribution in [0.4, 0.5) is 5.69 Å². The molecule has 0 heterocycles. The van der Waals surface area contributed by atoms with Gasteiger partial charge in [0.05, 0.1) is 5.75 Å². The third kappa shape index (κ3) is 7.54. The number of carbonyl (C=O) groups is 3. The highest BCUT2D eigenvalue weighted by Gasteiger charge is 2.15. The molecule has 0 spiro atoms. The summed E-state index contributed by atoms with van der Waals surface area (Å²) in [6.45, 7) is 3.97. The molecule has 0 atom stereocenters. The van der Waals surface area contributed by atoms with Crippen molar-refractivity contribution >= 4 is 41.1 Å². The number of rotatable bonds is 9. The van der Waals surface area contributed by atoms with Crippen LogP contribution in [0, 0.1) is 13.8 Å². The van der Waals surface area contributed by atoms with Crippen LogP contribution in [-0.2, 0) is 4.79 Å². The lowest BCUT2D eigenvalue weighted by Gasteiger charge is -2.12. The van der Waals surface area contributed by atoms with Crippen LogP contribution in [0.5, 0.6) is 0 Å². The number of ketones is 1. The molecular formula is C32H28N2O3S. The molecule has 0 bridgehead atoms. The predicted octanol–water partition coefficient (Wildman–Crippen LogP) is 6.69. The Morgan fingerprint density at radius 2 is 1.39 bits per heavy atom. The molecule has 0 aliphatic heterocycles. The van der Waals surface area contributed by atoms with Crippen LogP contribution in [0.2, 0.25) is 0 Å². The van der Waals surface area contributed by atoms with E-state index < -0.39 is 5.91 Å². The lowest BCUT2D eigenvalue weighted by Crippen LogP contribution is -2.30. The number of thioether (sulfide) groups is 1. The van der Waals surface area contributed by atoms with E-state index in [0.29, 0.717) is 16.8 Å². The van der Waals surface area contributed by atoms with E-state index in [1.165, 1.54) is 11.8 Å². The average molecular weight is 521 g/mol. The summed E-state index contributed by atoms with van der Waals surface area (Å²) in [4.78, 5) is 39.5. The molecule has 4 aromatic carbocycles. The van der Waals surface area contributed by atoms with E-state index in [1.54, 1.807) is 36.4 Å². The van der Waals surface area contributed by atoms with Gasteiger partial charge < -0.3 is 10.6 Å². The summed E-state index contributed by atoms with van der Waals surface area (Å²) in [7, 11) is 0. The van der Waals surface area contributed by atoms with Gasteiger partial charge in [0.15, 0.2) is 5.78 Å². The predicted molar refractivity (Wildman–Crippen MR) is 154 cm³/mol. The second-order valence-electron chi connectivity index (χ2n) is 8.85. The maximum Gasteiger partial charge on any atom is 0.272 e. The SMILES string of the molecule is Cc1ccc(/C=C(\NC(=O)c2ccccc2)C(=O)Nc2cccc(SCC(=O)c3ccc(C)cc3)c2)cc1. The Balaban J connectivity index is 1.48. The number of Topliss-reactive ketones (excluding diaryl/α,β-unsaturated/α-hetero) is 1. The number of benzene rings is 4. The summed E-state index contributed by atoms with van der Waals surface area (Å²) in [5.74, 6) is -0.506. The summed E-state index contributed by atoms with van der Waals surface area (Å²) < 4.78 is 0. The Morgan fingerprint density at radius 1 is 0.737 bits per heavy atom. The van der Waals surface area contributed by atoms with Crippen LogP contribution in [0.25, 0.3) is 6.08 Å². The first kappa shape index (κ1) is 26.6. The van der Waals surface area contributed by atoms with Gasteiger partial charge in [0.25, 0.3) is 11.8 Å². The molecule has 2 N–H and O–H groups in total. The van der Waals surface area contributed by atoms with E-state index in [9.17, 15) is 14.4 Å². The summed E-state index contributed by atoms with van der Waals surface area (Å²) in [5.41, 5.74) is 4.79. The van der Waals surface area contributed by atoms with Crippen LogP contribution in [-0.4, -0.2) is 23.4 Å². The zero-order valence-electron chi connectivity index (χ0n) is 21.2. The van der Waals surface area contributed by atoms with Crippen molar-refractivity contribution in [3.63, 3.8) is 0 Å². The summed E-state index contributed by atoms with van der Waals surface area (Å²) in [6, 6.07) is 31.2. The van der Waals surface area contributed by atoms with Crippen molar-refractivity contribution in [2.75, 3.05) is 11.1 Å². The number of amides is 2. The van der Waals surface area contributed by atoms with Crippen LogP contribution in [0.3, 0.4) is 0 Å². The minimum Gasteiger partial charge on any atom is -0.321 e. The van der Waals surface area contributed by atoms with Crippen molar-refractivity contribution in [2.45, 2.75) is 18.7 Å². The minimum atomic E-state index is -0.451.